The summed E-state index contributed by atoms with van der Waals surface area (Å²) in [5.74, 6) is 1.64. The average molecular weight is 410 g/mol. The standard InChI is InChI=1S/C22H27N5OS/c1-14(2)17-7-6-8-18(15(3)4)20(17)24-19(28)13-29-22-26-25-21(27(22)5)16-9-11-23-12-10-16/h6-12,14-15H,13H2,1-5H3,(H,24,28). The number of amides is 1. The molecule has 0 radical (unpaired) electrons. The highest BCUT2D eigenvalue weighted by Crippen LogP contribution is 2.32. The van der Waals surface area contributed by atoms with Crippen molar-refractivity contribution in [1.82, 2.24) is 19.7 Å². The normalized spacial score (nSPS) is 11.3. The molecular weight excluding hydrogens is 382 g/mol. The number of thioether (sulfide) groups is 1. The van der Waals surface area contributed by atoms with Crippen LogP contribution in [0.5, 0.6) is 0 Å². The highest BCUT2D eigenvalue weighted by atomic mass is 32.2. The molecule has 0 spiro atoms. The number of rotatable bonds is 7. The van der Waals surface area contributed by atoms with Crippen LogP contribution >= 0.6 is 11.8 Å². The zero-order chi connectivity index (χ0) is 21.0. The number of para-hydroxylation sites is 1. The van der Waals surface area contributed by atoms with E-state index in [0.29, 0.717) is 17.0 Å². The Morgan fingerprint density at radius 1 is 1.03 bits per heavy atom. The van der Waals surface area contributed by atoms with Crippen molar-refractivity contribution in [3.8, 4) is 11.4 Å². The van der Waals surface area contributed by atoms with Crippen molar-refractivity contribution in [2.75, 3.05) is 11.1 Å². The average Bonchev–Trinajstić information content (AvgIpc) is 3.07. The van der Waals surface area contributed by atoms with Gasteiger partial charge < -0.3 is 9.88 Å². The van der Waals surface area contributed by atoms with Crippen molar-refractivity contribution < 1.29 is 4.79 Å². The summed E-state index contributed by atoms with van der Waals surface area (Å²) in [6, 6.07) is 10.0. The second kappa shape index (κ2) is 9.22. The van der Waals surface area contributed by atoms with Crippen LogP contribution in [0.15, 0.2) is 47.9 Å². The van der Waals surface area contributed by atoms with E-state index < -0.39 is 0 Å². The molecule has 0 aliphatic carbocycles. The van der Waals surface area contributed by atoms with Gasteiger partial charge in [0.1, 0.15) is 0 Å². The molecule has 7 heteroatoms. The number of benzene rings is 1. The van der Waals surface area contributed by atoms with Gasteiger partial charge in [0.05, 0.1) is 5.75 Å². The van der Waals surface area contributed by atoms with Gasteiger partial charge in [-0.1, -0.05) is 57.7 Å². The number of carbonyl (C=O) groups excluding carboxylic acids is 1. The van der Waals surface area contributed by atoms with Crippen molar-refractivity contribution in [2.45, 2.75) is 44.7 Å². The van der Waals surface area contributed by atoms with E-state index in [-0.39, 0.29) is 11.7 Å². The Kier molecular flexibility index (Phi) is 6.69. The molecule has 29 heavy (non-hydrogen) atoms. The predicted molar refractivity (Wildman–Crippen MR) is 118 cm³/mol. The lowest BCUT2D eigenvalue weighted by Crippen LogP contribution is -2.18. The molecule has 0 atom stereocenters. The first kappa shape index (κ1) is 21.0. The molecule has 0 bridgehead atoms. The van der Waals surface area contributed by atoms with Crippen LogP contribution in [0.1, 0.15) is 50.7 Å². The zero-order valence-electron chi connectivity index (χ0n) is 17.5. The summed E-state index contributed by atoms with van der Waals surface area (Å²) >= 11 is 1.38. The maximum Gasteiger partial charge on any atom is 0.234 e. The summed E-state index contributed by atoms with van der Waals surface area (Å²) in [4.78, 5) is 16.8. The third kappa shape index (κ3) is 4.85. The third-order valence-electron chi connectivity index (χ3n) is 4.74. The minimum atomic E-state index is -0.0431. The van der Waals surface area contributed by atoms with Crippen molar-refractivity contribution in [3.05, 3.63) is 53.9 Å². The fraction of sp³-hybridized carbons (Fsp3) is 0.364. The maximum absolute atomic E-state index is 12.7. The number of nitrogens with one attached hydrogen (secondary N) is 1. The van der Waals surface area contributed by atoms with E-state index in [1.807, 2.05) is 23.7 Å². The van der Waals surface area contributed by atoms with Gasteiger partial charge in [-0.25, -0.2) is 0 Å². The van der Waals surface area contributed by atoms with Gasteiger partial charge in [-0.05, 0) is 35.1 Å². The van der Waals surface area contributed by atoms with Gasteiger partial charge in [0, 0.05) is 30.7 Å². The lowest BCUT2D eigenvalue weighted by molar-refractivity contribution is -0.113. The van der Waals surface area contributed by atoms with E-state index in [4.69, 9.17) is 0 Å². The molecule has 1 amide bonds. The first-order valence-electron chi connectivity index (χ1n) is 9.73. The Morgan fingerprint density at radius 2 is 1.66 bits per heavy atom. The molecule has 0 saturated carbocycles. The number of nitrogens with zero attached hydrogens (tertiary/aromatic N) is 4. The number of aromatic nitrogens is 4. The van der Waals surface area contributed by atoms with Crippen LogP contribution in [-0.2, 0) is 11.8 Å². The van der Waals surface area contributed by atoms with E-state index in [0.717, 1.165) is 28.2 Å². The van der Waals surface area contributed by atoms with Gasteiger partial charge in [-0.15, -0.1) is 10.2 Å². The van der Waals surface area contributed by atoms with Crippen LogP contribution in [0.2, 0.25) is 0 Å². The molecule has 0 unspecified atom stereocenters. The summed E-state index contributed by atoms with van der Waals surface area (Å²) in [6.45, 7) is 8.57. The summed E-state index contributed by atoms with van der Waals surface area (Å²) in [5, 5.41) is 12.3. The summed E-state index contributed by atoms with van der Waals surface area (Å²) in [6.07, 6.45) is 3.45. The van der Waals surface area contributed by atoms with Gasteiger partial charge in [0.25, 0.3) is 0 Å². The Hall–Kier alpha value is -2.67. The van der Waals surface area contributed by atoms with Crippen LogP contribution in [0.4, 0.5) is 5.69 Å². The van der Waals surface area contributed by atoms with Crippen LogP contribution < -0.4 is 5.32 Å². The summed E-state index contributed by atoms with van der Waals surface area (Å²) in [7, 11) is 1.90. The minimum absolute atomic E-state index is 0.0431. The Bertz CT molecular complexity index is 956. The molecule has 2 heterocycles. The molecule has 0 aliphatic heterocycles. The van der Waals surface area contributed by atoms with Gasteiger partial charge in [-0.2, -0.15) is 0 Å². The van der Waals surface area contributed by atoms with Gasteiger partial charge in [0.15, 0.2) is 11.0 Å². The van der Waals surface area contributed by atoms with Gasteiger partial charge >= 0.3 is 0 Å². The molecule has 6 nitrogen and oxygen atoms in total. The first-order valence-corrected chi connectivity index (χ1v) is 10.7. The lowest BCUT2D eigenvalue weighted by Gasteiger charge is -2.20. The molecule has 2 aromatic heterocycles. The summed E-state index contributed by atoms with van der Waals surface area (Å²) in [5.41, 5.74) is 4.21. The number of anilines is 1. The molecule has 1 N–H and O–H groups in total. The number of hydrogen-bond acceptors (Lipinski definition) is 5. The van der Waals surface area contributed by atoms with Crippen molar-refractivity contribution >= 4 is 23.4 Å². The van der Waals surface area contributed by atoms with E-state index in [9.17, 15) is 4.79 Å². The fourth-order valence-electron chi connectivity index (χ4n) is 3.19. The SMILES string of the molecule is CC(C)c1cccc(C(C)C)c1NC(=O)CSc1nnc(-c2ccncc2)n1C. The van der Waals surface area contributed by atoms with Crippen molar-refractivity contribution in [3.63, 3.8) is 0 Å². The highest BCUT2D eigenvalue weighted by Gasteiger charge is 2.17. The van der Waals surface area contributed by atoms with Crippen LogP contribution in [-0.4, -0.2) is 31.4 Å². The van der Waals surface area contributed by atoms with E-state index in [1.165, 1.54) is 11.8 Å². The molecule has 3 aromatic rings. The number of hydrogen-bond donors (Lipinski definition) is 1. The maximum atomic E-state index is 12.7. The Balaban J connectivity index is 1.73. The fourth-order valence-corrected chi connectivity index (χ4v) is 3.90. The second-order valence-electron chi connectivity index (χ2n) is 7.56. The van der Waals surface area contributed by atoms with E-state index >= 15 is 0 Å². The van der Waals surface area contributed by atoms with E-state index in [1.54, 1.807) is 12.4 Å². The quantitative estimate of drug-likeness (QED) is 0.565. The Labute approximate surface area is 176 Å². The van der Waals surface area contributed by atoms with Crippen molar-refractivity contribution in [2.24, 2.45) is 7.05 Å². The molecule has 152 valence electrons. The topological polar surface area (TPSA) is 72.7 Å². The highest BCUT2D eigenvalue weighted by molar-refractivity contribution is 7.99. The number of pyridine rings is 1. The molecule has 0 aliphatic rings. The Morgan fingerprint density at radius 3 is 2.24 bits per heavy atom. The molecule has 0 fully saturated rings. The summed E-state index contributed by atoms with van der Waals surface area (Å²) < 4.78 is 1.90. The van der Waals surface area contributed by atoms with Gasteiger partial charge in [-0.3, -0.25) is 9.78 Å². The molecule has 1 aromatic carbocycles. The van der Waals surface area contributed by atoms with Crippen LogP contribution in [0.25, 0.3) is 11.4 Å². The second-order valence-corrected chi connectivity index (χ2v) is 8.50. The molecule has 0 saturated heterocycles. The molecule has 3 rings (SSSR count). The minimum Gasteiger partial charge on any atom is -0.325 e. The molecular formula is C22H27N5OS. The smallest absolute Gasteiger partial charge is 0.234 e. The number of carbonyl (C=O) groups is 1. The first-order chi connectivity index (χ1) is 13.9. The largest absolute Gasteiger partial charge is 0.325 e. The van der Waals surface area contributed by atoms with E-state index in [2.05, 4.69) is 66.4 Å². The van der Waals surface area contributed by atoms with Crippen LogP contribution in [0.3, 0.4) is 0 Å². The lowest BCUT2D eigenvalue weighted by atomic mass is 9.92. The van der Waals surface area contributed by atoms with Crippen LogP contribution in [0, 0.1) is 0 Å². The third-order valence-corrected chi connectivity index (χ3v) is 5.76. The predicted octanol–water partition coefficient (Wildman–Crippen LogP) is 4.85. The van der Waals surface area contributed by atoms with Crippen molar-refractivity contribution in [1.29, 1.82) is 0 Å². The zero-order valence-corrected chi connectivity index (χ0v) is 18.3. The van der Waals surface area contributed by atoms with Gasteiger partial charge in [0.2, 0.25) is 5.91 Å². The monoisotopic (exact) mass is 409 g/mol.